The summed E-state index contributed by atoms with van der Waals surface area (Å²) in [6.45, 7) is 9.22. The van der Waals surface area contributed by atoms with Crippen LogP contribution < -0.4 is 20.9 Å². The highest BCUT2D eigenvalue weighted by Gasteiger charge is 2.72. The maximum atomic E-state index is 14.3. The number of carbonyl (C=O) groups is 2. The summed E-state index contributed by atoms with van der Waals surface area (Å²) in [5.74, 6) is -2.87. The van der Waals surface area contributed by atoms with Gasteiger partial charge in [-0.3, -0.25) is 0 Å². The summed E-state index contributed by atoms with van der Waals surface area (Å²) in [6.07, 6.45) is -11.9. The van der Waals surface area contributed by atoms with Crippen molar-refractivity contribution in [1.29, 1.82) is 0 Å². The number of rotatable bonds is 6. The zero-order valence-corrected chi connectivity index (χ0v) is 18.4. The SMILES string of the molecule is C=C(C)C(=O)Oc1ccc(C(c2ccc(OC(=O)C(=C)C)c(N)c2)(C(F)(F)F)C(F)(F)F)cc1N. The first-order valence-corrected chi connectivity index (χ1v) is 9.62. The van der Waals surface area contributed by atoms with Crippen LogP contribution in [-0.2, 0) is 15.0 Å². The summed E-state index contributed by atoms with van der Waals surface area (Å²) in [5, 5.41) is 0. The van der Waals surface area contributed by atoms with E-state index >= 15 is 0 Å². The molecule has 0 fully saturated rings. The molecule has 0 unspecified atom stereocenters. The molecule has 0 atom stereocenters. The topological polar surface area (TPSA) is 105 Å². The molecule has 0 spiro atoms. The Bertz CT molecular complexity index is 1110. The van der Waals surface area contributed by atoms with Crippen LogP contribution in [0.1, 0.15) is 25.0 Å². The quantitative estimate of drug-likeness (QED) is 0.184. The average Bonchev–Trinajstić information content (AvgIpc) is 2.69. The monoisotopic (exact) mass is 502 g/mol. The fourth-order valence-electron chi connectivity index (χ4n) is 3.11. The summed E-state index contributed by atoms with van der Waals surface area (Å²) in [6, 6.07) is 3.22. The Morgan fingerprint density at radius 2 is 1.03 bits per heavy atom. The smallest absolute Gasteiger partial charge is 0.411 e. The van der Waals surface area contributed by atoms with Crippen molar-refractivity contribution in [2.75, 3.05) is 11.5 Å². The lowest BCUT2D eigenvalue weighted by Gasteiger charge is -2.38. The van der Waals surface area contributed by atoms with Gasteiger partial charge in [-0.25, -0.2) is 9.59 Å². The first-order valence-electron chi connectivity index (χ1n) is 9.62. The van der Waals surface area contributed by atoms with Crippen LogP contribution >= 0.6 is 0 Å². The summed E-state index contributed by atoms with van der Waals surface area (Å²) in [4.78, 5) is 23.4. The largest absolute Gasteiger partial charge is 0.421 e. The zero-order valence-electron chi connectivity index (χ0n) is 18.4. The number of esters is 2. The number of nitrogen functional groups attached to an aromatic ring is 2. The minimum Gasteiger partial charge on any atom is -0.421 e. The van der Waals surface area contributed by atoms with Gasteiger partial charge in [0.2, 0.25) is 5.41 Å². The lowest BCUT2D eigenvalue weighted by Crippen LogP contribution is -2.54. The highest BCUT2D eigenvalue weighted by molar-refractivity contribution is 5.90. The van der Waals surface area contributed by atoms with E-state index in [4.69, 9.17) is 20.9 Å². The number of hydrogen-bond acceptors (Lipinski definition) is 6. The van der Waals surface area contributed by atoms with Crippen LogP contribution in [0.15, 0.2) is 60.7 Å². The lowest BCUT2D eigenvalue weighted by molar-refractivity contribution is -0.288. The number of halogens is 6. The average molecular weight is 502 g/mol. The summed E-state index contributed by atoms with van der Waals surface area (Å²) < 4.78 is 95.7. The molecule has 0 aliphatic carbocycles. The van der Waals surface area contributed by atoms with Crippen LogP contribution in [0.3, 0.4) is 0 Å². The molecule has 4 N–H and O–H groups in total. The number of alkyl halides is 6. The Hall–Kier alpha value is -3.96. The van der Waals surface area contributed by atoms with E-state index in [0.717, 1.165) is 0 Å². The predicted octanol–water partition coefficient (Wildman–Crippen LogP) is 5.22. The maximum absolute atomic E-state index is 14.3. The zero-order chi connectivity index (χ0) is 26.9. The third-order valence-corrected chi connectivity index (χ3v) is 4.84. The van der Waals surface area contributed by atoms with Crippen LogP contribution in [0, 0.1) is 0 Å². The molecule has 12 heteroatoms. The molecular weight excluding hydrogens is 482 g/mol. The van der Waals surface area contributed by atoms with E-state index < -0.39 is 63.7 Å². The minimum absolute atomic E-state index is 0.0729. The lowest BCUT2D eigenvalue weighted by atomic mass is 9.72. The van der Waals surface area contributed by atoms with Crippen LogP contribution in [0.25, 0.3) is 0 Å². The van der Waals surface area contributed by atoms with Gasteiger partial charge in [-0.05, 0) is 49.2 Å². The number of benzene rings is 2. The Kier molecular flexibility index (Phi) is 7.29. The number of hydrogen-bond donors (Lipinski definition) is 2. The van der Waals surface area contributed by atoms with E-state index in [1.807, 2.05) is 0 Å². The van der Waals surface area contributed by atoms with Crippen molar-refractivity contribution in [1.82, 2.24) is 0 Å². The van der Waals surface area contributed by atoms with Crippen molar-refractivity contribution < 1.29 is 45.4 Å². The molecule has 6 nitrogen and oxygen atoms in total. The third kappa shape index (κ3) is 5.10. The molecule has 2 aromatic rings. The molecule has 0 aliphatic rings. The second kappa shape index (κ2) is 9.35. The highest BCUT2D eigenvalue weighted by atomic mass is 19.4. The van der Waals surface area contributed by atoms with Gasteiger partial charge in [-0.15, -0.1) is 0 Å². The standard InChI is InChI=1S/C23H20F6N2O4/c1-11(2)19(32)34-17-7-5-13(9-15(17)30)21(22(24,25)26,23(27,28)29)14-6-8-18(16(31)10-14)35-20(33)12(3)4/h5-10H,1,3,30-31H2,2,4H3. The number of anilines is 2. The normalized spacial score (nSPS) is 12.1. The van der Waals surface area contributed by atoms with Gasteiger partial charge < -0.3 is 20.9 Å². The Labute approximate surface area is 195 Å². The number of nitrogens with two attached hydrogens (primary N) is 2. The van der Waals surface area contributed by atoms with Gasteiger partial charge in [0, 0.05) is 11.1 Å². The van der Waals surface area contributed by atoms with Crippen molar-refractivity contribution in [2.45, 2.75) is 31.6 Å². The van der Waals surface area contributed by atoms with Crippen molar-refractivity contribution in [3.63, 3.8) is 0 Å². The summed E-state index contributed by atoms with van der Waals surface area (Å²) >= 11 is 0. The second-order valence-electron chi connectivity index (χ2n) is 7.59. The molecule has 0 bridgehead atoms. The van der Waals surface area contributed by atoms with Gasteiger partial charge in [-0.1, -0.05) is 25.3 Å². The van der Waals surface area contributed by atoms with E-state index in [1.165, 1.54) is 13.8 Å². The van der Waals surface area contributed by atoms with E-state index in [1.54, 1.807) is 0 Å². The van der Waals surface area contributed by atoms with Crippen LogP contribution in [0.2, 0.25) is 0 Å². The van der Waals surface area contributed by atoms with E-state index in [0.29, 0.717) is 36.4 Å². The Balaban J connectivity index is 2.76. The molecule has 0 saturated carbocycles. The highest BCUT2D eigenvalue weighted by Crippen LogP contribution is 2.57. The van der Waals surface area contributed by atoms with Crippen molar-refractivity contribution in [3.8, 4) is 11.5 Å². The van der Waals surface area contributed by atoms with Gasteiger partial charge in [0.1, 0.15) is 0 Å². The third-order valence-electron chi connectivity index (χ3n) is 4.84. The summed E-state index contributed by atoms with van der Waals surface area (Å²) in [5.41, 5.74) is 2.61. The first kappa shape index (κ1) is 27.3. The fourth-order valence-corrected chi connectivity index (χ4v) is 3.11. The molecule has 0 amide bonds. The van der Waals surface area contributed by atoms with Crippen LogP contribution in [0.4, 0.5) is 37.7 Å². The van der Waals surface area contributed by atoms with Crippen molar-refractivity contribution in [3.05, 3.63) is 71.8 Å². The van der Waals surface area contributed by atoms with E-state index in [-0.39, 0.29) is 11.1 Å². The first-order chi connectivity index (χ1) is 15.9. The van der Waals surface area contributed by atoms with Gasteiger partial charge in [-0.2, -0.15) is 26.3 Å². The van der Waals surface area contributed by atoms with Crippen LogP contribution in [0.5, 0.6) is 11.5 Å². The fraction of sp³-hybridized carbons (Fsp3) is 0.217. The van der Waals surface area contributed by atoms with Crippen molar-refractivity contribution >= 4 is 23.3 Å². The molecule has 2 rings (SSSR count). The van der Waals surface area contributed by atoms with Gasteiger partial charge in [0.15, 0.2) is 11.5 Å². The Morgan fingerprint density at radius 1 is 0.714 bits per heavy atom. The molecule has 188 valence electrons. The van der Waals surface area contributed by atoms with Crippen LogP contribution in [-0.4, -0.2) is 24.3 Å². The molecule has 0 radical (unpaired) electrons. The predicted molar refractivity (Wildman–Crippen MR) is 115 cm³/mol. The maximum Gasteiger partial charge on any atom is 0.411 e. The molecule has 0 saturated heterocycles. The molecule has 0 heterocycles. The Morgan fingerprint density at radius 3 is 1.26 bits per heavy atom. The number of carbonyl (C=O) groups excluding carboxylic acids is 2. The van der Waals surface area contributed by atoms with E-state index in [9.17, 15) is 35.9 Å². The molecule has 2 aromatic carbocycles. The minimum atomic E-state index is -5.93. The summed E-state index contributed by atoms with van der Waals surface area (Å²) in [7, 11) is 0. The molecular formula is C23H20F6N2O4. The molecule has 0 aromatic heterocycles. The van der Waals surface area contributed by atoms with Gasteiger partial charge in [0.05, 0.1) is 11.4 Å². The van der Waals surface area contributed by atoms with Crippen molar-refractivity contribution in [2.24, 2.45) is 0 Å². The number of ether oxygens (including phenoxy) is 2. The molecule has 35 heavy (non-hydrogen) atoms. The molecule has 0 aliphatic heterocycles. The van der Waals surface area contributed by atoms with Gasteiger partial charge >= 0.3 is 24.3 Å². The van der Waals surface area contributed by atoms with Gasteiger partial charge in [0.25, 0.3) is 0 Å². The second-order valence-corrected chi connectivity index (χ2v) is 7.59. The van der Waals surface area contributed by atoms with E-state index in [2.05, 4.69) is 13.2 Å².